The first kappa shape index (κ1) is 19.2. The van der Waals surface area contributed by atoms with Crippen molar-refractivity contribution >= 4 is 6.03 Å². The number of hydrogen-bond acceptors (Lipinski definition) is 3. The van der Waals surface area contributed by atoms with Gasteiger partial charge in [0.05, 0.1) is 7.11 Å². The van der Waals surface area contributed by atoms with Crippen molar-refractivity contribution in [3.05, 3.63) is 29.6 Å². The summed E-state index contributed by atoms with van der Waals surface area (Å²) in [5, 5.41) is 3.42. The van der Waals surface area contributed by atoms with Gasteiger partial charge in [0.1, 0.15) is 0 Å². The molecule has 6 rings (SSSR count). The van der Waals surface area contributed by atoms with Crippen LogP contribution in [0.2, 0.25) is 0 Å². The minimum absolute atomic E-state index is 0.123. The SMILES string of the molecule is COc1ccc(CN2CCN(C(=O)NC3C4CC5CC(C4)CC3C5)CC2)cc1F. The number of ether oxygens (including phenoxy) is 1. The van der Waals surface area contributed by atoms with Gasteiger partial charge in [-0.15, -0.1) is 0 Å². The molecular formula is C23H32FN3O2. The molecule has 0 spiro atoms. The predicted molar refractivity (Wildman–Crippen MR) is 109 cm³/mol. The Kier molecular flexibility index (Phi) is 5.14. The van der Waals surface area contributed by atoms with E-state index in [1.807, 2.05) is 11.0 Å². The van der Waals surface area contributed by atoms with Crippen LogP contribution in [0.4, 0.5) is 9.18 Å². The molecule has 0 radical (unpaired) electrons. The third-order valence-electron chi connectivity index (χ3n) is 7.80. The Balaban J connectivity index is 1.12. The second-order valence-electron chi connectivity index (χ2n) is 9.64. The minimum Gasteiger partial charge on any atom is -0.494 e. The van der Waals surface area contributed by atoms with E-state index in [0.717, 1.165) is 43.6 Å². The highest BCUT2D eigenvalue weighted by Gasteiger charge is 2.48. The van der Waals surface area contributed by atoms with Gasteiger partial charge in [-0.2, -0.15) is 0 Å². The van der Waals surface area contributed by atoms with E-state index in [1.165, 1.54) is 39.2 Å². The maximum atomic E-state index is 13.9. The summed E-state index contributed by atoms with van der Waals surface area (Å²) in [7, 11) is 1.48. The number of nitrogens with one attached hydrogen (secondary N) is 1. The van der Waals surface area contributed by atoms with Crippen molar-refractivity contribution in [2.45, 2.75) is 44.7 Å². The summed E-state index contributed by atoms with van der Waals surface area (Å²) < 4.78 is 18.9. The molecular weight excluding hydrogens is 369 g/mol. The van der Waals surface area contributed by atoms with Crippen molar-refractivity contribution in [3.63, 3.8) is 0 Å². The van der Waals surface area contributed by atoms with Gasteiger partial charge >= 0.3 is 6.03 Å². The Morgan fingerprint density at radius 2 is 1.72 bits per heavy atom. The highest BCUT2D eigenvalue weighted by Crippen LogP contribution is 2.53. The van der Waals surface area contributed by atoms with Crippen LogP contribution in [0.15, 0.2) is 18.2 Å². The van der Waals surface area contributed by atoms with E-state index in [1.54, 1.807) is 12.1 Å². The number of hydrogen-bond donors (Lipinski definition) is 1. The molecule has 29 heavy (non-hydrogen) atoms. The second-order valence-corrected chi connectivity index (χ2v) is 9.64. The lowest BCUT2D eigenvalue weighted by Crippen LogP contribution is -2.59. The van der Waals surface area contributed by atoms with Gasteiger partial charge in [-0.05, 0) is 73.5 Å². The normalized spacial score (nSPS) is 33.7. The number of benzene rings is 1. The van der Waals surface area contributed by atoms with Crippen LogP contribution < -0.4 is 10.1 Å². The van der Waals surface area contributed by atoms with E-state index in [-0.39, 0.29) is 17.6 Å². The summed E-state index contributed by atoms with van der Waals surface area (Å²) in [5.74, 6) is 3.23. The van der Waals surface area contributed by atoms with E-state index in [9.17, 15) is 9.18 Å². The molecule has 4 saturated carbocycles. The third kappa shape index (κ3) is 3.83. The Morgan fingerprint density at radius 3 is 2.31 bits per heavy atom. The summed E-state index contributed by atoms with van der Waals surface area (Å²) in [4.78, 5) is 17.2. The fourth-order valence-corrected chi connectivity index (χ4v) is 6.57. The van der Waals surface area contributed by atoms with Crippen LogP contribution in [0, 0.1) is 29.5 Å². The summed E-state index contributed by atoms with van der Waals surface area (Å²) >= 11 is 0. The molecule has 0 aromatic heterocycles. The average molecular weight is 402 g/mol. The molecule has 0 atom stereocenters. The van der Waals surface area contributed by atoms with Gasteiger partial charge in [-0.1, -0.05) is 6.07 Å². The van der Waals surface area contributed by atoms with Gasteiger partial charge in [0.25, 0.3) is 0 Å². The quantitative estimate of drug-likeness (QED) is 0.840. The lowest BCUT2D eigenvalue weighted by Gasteiger charge is -2.54. The maximum absolute atomic E-state index is 13.9. The third-order valence-corrected chi connectivity index (χ3v) is 7.80. The molecule has 5 fully saturated rings. The molecule has 0 unspecified atom stereocenters. The lowest BCUT2D eigenvalue weighted by atomic mass is 9.54. The highest BCUT2D eigenvalue weighted by molar-refractivity contribution is 5.74. The summed E-state index contributed by atoms with van der Waals surface area (Å²) in [6.07, 6.45) is 6.73. The monoisotopic (exact) mass is 401 g/mol. The van der Waals surface area contributed by atoms with E-state index in [0.29, 0.717) is 24.4 Å². The molecule has 5 aliphatic rings. The molecule has 1 aliphatic heterocycles. The topological polar surface area (TPSA) is 44.8 Å². The van der Waals surface area contributed by atoms with Crippen LogP contribution in [-0.4, -0.2) is 55.2 Å². The number of nitrogens with zero attached hydrogens (tertiary/aromatic N) is 2. The van der Waals surface area contributed by atoms with Gasteiger partial charge in [-0.3, -0.25) is 4.90 Å². The molecule has 1 aromatic carbocycles. The zero-order chi connectivity index (χ0) is 20.0. The number of carbonyl (C=O) groups is 1. The van der Waals surface area contributed by atoms with Crippen LogP contribution in [0.1, 0.15) is 37.7 Å². The van der Waals surface area contributed by atoms with E-state index < -0.39 is 0 Å². The first-order valence-electron chi connectivity index (χ1n) is 11.2. The Bertz CT molecular complexity index is 734. The number of urea groups is 1. The van der Waals surface area contributed by atoms with Crippen molar-refractivity contribution in [3.8, 4) is 5.75 Å². The maximum Gasteiger partial charge on any atom is 0.317 e. The molecule has 158 valence electrons. The van der Waals surface area contributed by atoms with Gasteiger partial charge in [0.2, 0.25) is 0 Å². The van der Waals surface area contributed by atoms with Crippen molar-refractivity contribution < 1.29 is 13.9 Å². The van der Waals surface area contributed by atoms with Crippen LogP contribution in [-0.2, 0) is 6.54 Å². The second kappa shape index (κ2) is 7.78. The number of methoxy groups -OCH3 is 1. The molecule has 2 amide bonds. The molecule has 1 aromatic rings. The average Bonchev–Trinajstić information content (AvgIpc) is 2.71. The standard InChI is InChI=1S/C23H32FN3O2/c1-29-21-3-2-15(13-20(21)24)14-26-4-6-27(7-5-26)23(28)25-22-18-9-16-8-17(11-18)12-19(22)10-16/h2-3,13,16-19,22H,4-12,14H2,1H3,(H,25,28). The molecule has 1 N–H and O–H groups in total. The van der Waals surface area contributed by atoms with Crippen molar-refractivity contribution in [2.24, 2.45) is 23.7 Å². The van der Waals surface area contributed by atoms with Gasteiger partial charge in [0.15, 0.2) is 11.6 Å². The zero-order valence-electron chi connectivity index (χ0n) is 17.3. The smallest absolute Gasteiger partial charge is 0.317 e. The highest BCUT2D eigenvalue weighted by atomic mass is 19.1. The first-order valence-corrected chi connectivity index (χ1v) is 11.2. The number of halogens is 1. The summed E-state index contributed by atoms with van der Waals surface area (Å²) in [6.45, 7) is 3.81. The fourth-order valence-electron chi connectivity index (χ4n) is 6.57. The Labute approximate surface area is 172 Å². The zero-order valence-corrected chi connectivity index (χ0v) is 17.3. The molecule has 4 aliphatic carbocycles. The Hall–Kier alpha value is -1.82. The van der Waals surface area contributed by atoms with Gasteiger partial charge in [0, 0.05) is 38.8 Å². The van der Waals surface area contributed by atoms with E-state index in [2.05, 4.69) is 10.2 Å². The predicted octanol–water partition coefficient (Wildman–Crippen LogP) is 3.49. The lowest BCUT2D eigenvalue weighted by molar-refractivity contribution is -0.0116. The molecule has 1 saturated heterocycles. The summed E-state index contributed by atoms with van der Waals surface area (Å²) in [5.41, 5.74) is 0.940. The largest absolute Gasteiger partial charge is 0.494 e. The van der Waals surface area contributed by atoms with Gasteiger partial charge < -0.3 is 15.0 Å². The van der Waals surface area contributed by atoms with Crippen molar-refractivity contribution in [1.82, 2.24) is 15.1 Å². The summed E-state index contributed by atoms with van der Waals surface area (Å²) in [6, 6.07) is 5.66. The fraction of sp³-hybridized carbons (Fsp3) is 0.696. The van der Waals surface area contributed by atoms with Crippen LogP contribution >= 0.6 is 0 Å². The molecule has 1 heterocycles. The van der Waals surface area contributed by atoms with Crippen LogP contribution in [0.3, 0.4) is 0 Å². The molecule has 4 bridgehead atoms. The van der Waals surface area contributed by atoms with Crippen molar-refractivity contribution in [2.75, 3.05) is 33.3 Å². The first-order chi connectivity index (χ1) is 14.1. The minimum atomic E-state index is -0.321. The van der Waals surface area contributed by atoms with Crippen molar-refractivity contribution in [1.29, 1.82) is 0 Å². The number of piperazine rings is 1. The molecule has 5 nitrogen and oxygen atoms in total. The van der Waals surface area contributed by atoms with E-state index >= 15 is 0 Å². The van der Waals surface area contributed by atoms with E-state index in [4.69, 9.17) is 4.74 Å². The van der Waals surface area contributed by atoms with Crippen LogP contribution in [0.5, 0.6) is 5.75 Å². The number of carbonyl (C=O) groups excluding carboxylic acids is 1. The van der Waals surface area contributed by atoms with Gasteiger partial charge in [-0.25, -0.2) is 9.18 Å². The Morgan fingerprint density at radius 1 is 1.07 bits per heavy atom. The molecule has 6 heteroatoms. The van der Waals surface area contributed by atoms with Crippen LogP contribution in [0.25, 0.3) is 0 Å². The number of amides is 2. The number of rotatable bonds is 4.